The van der Waals surface area contributed by atoms with Crippen molar-refractivity contribution in [1.29, 1.82) is 0 Å². The number of benzene rings is 1. The van der Waals surface area contributed by atoms with Crippen LogP contribution < -0.4 is 10.3 Å². The Morgan fingerprint density at radius 3 is 2.50 bits per heavy atom. The maximum atomic E-state index is 13.9. The fourth-order valence-electron chi connectivity index (χ4n) is 5.16. The second-order valence-electron chi connectivity index (χ2n) is 10.3. The van der Waals surface area contributed by atoms with Crippen molar-refractivity contribution in [2.24, 2.45) is 7.05 Å². The van der Waals surface area contributed by atoms with E-state index in [-0.39, 0.29) is 17.1 Å². The fourth-order valence-corrected chi connectivity index (χ4v) is 6.61. The smallest absolute Gasteiger partial charge is 0.280 e. The summed E-state index contributed by atoms with van der Waals surface area (Å²) in [7, 11) is -2.22. The molecule has 1 aromatic carbocycles. The van der Waals surface area contributed by atoms with Gasteiger partial charge in [-0.05, 0) is 43.2 Å². The van der Waals surface area contributed by atoms with Crippen LogP contribution in [-0.4, -0.2) is 93.0 Å². The van der Waals surface area contributed by atoms with Gasteiger partial charge in [-0.15, -0.1) is 0 Å². The predicted octanol–water partition coefficient (Wildman–Crippen LogP) is 2.22. The zero-order chi connectivity index (χ0) is 29.9. The number of aryl methyl sites for hydroxylation is 1. The van der Waals surface area contributed by atoms with E-state index >= 15 is 0 Å². The fraction of sp³-hybridized carbons (Fsp3) is 0.448. The summed E-state index contributed by atoms with van der Waals surface area (Å²) in [6.45, 7) is 6.70. The van der Waals surface area contributed by atoms with Crippen LogP contribution in [0.3, 0.4) is 0 Å². The van der Waals surface area contributed by atoms with Crippen molar-refractivity contribution in [3.8, 4) is 23.0 Å². The Morgan fingerprint density at radius 2 is 1.83 bits per heavy atom. The van der Waals surface area contributed by atoms with Crippen molar-refractivity contribution in [3.63, 3.8) is 0 Å². The van der Waals surface area contributed by atoms with Gasteiger partial charge in [-0.25, -0.2) is 23.1 Å². The van der Waals surface area contributed by atoms with Gasteiger partial charge >= 0.3 is 0 Å². The van der Waals surface area contributed by atoms with Crippen LogP contribution in [0.25, 0.3) is 28.2 Å². The first-order valence-corrected chi connectivity index (χ1v) is 15.7. The number of sulfonamides is 1. The first-order valence-electron chi connectivity index (χ1n) is 14.3. The number of β-amino-alcohol motifs (C(OH)–C–C–N with tert-alkyl or cyclic N) is 1. The van der Waals surface area contributed by atoms with E-state index in [1.54, 1.807) is 43.6 Å². The zero-order valence-corrected chi connectivity index (χ0v) is 25.0. The second kappa shape index (κ2) is 12.7. The molecule has 0 radical (unpaired) electrons. The monoisotopic (exact) mass is 595 g/mol. The summed E-state index contributed by atoms with van der Waals surface area (Å²) in [5, 5.41) is 14.0. The van der Waals surface area contributed by atoms with Gasteiger partial charge in [-0.2, -0.15) is 9.40 Å². The largest absolute Gasteiger partial charge is 0.493 e. The summed E-state index contributed by atoms with van der Waals surface area (Å²) in [5.41, 5.74) is 1.51. The maximum Gasteiger partial charge on any atom is 0.280 e. The summed E-state index contributed by atoms with van der Waals surface area (Å²) in [5.74, 6) is 1.25. The van der Waals surface area contributed by atoms with Crippen LogP contribution in [0.4, 0.5) is 0 Å². The van der Waals surface area contributed by atoms with Gasteiger partial charge in [-0.3, -0.25) is 14.3 Å². The molecule has 1 N–H and O–H groups in total. The summed E-state index contributed by atoms with van der Waals surface area (Å²) in [6.07, 6.45) is 3.79. The molecule has 0 unspecified atom stereocenters. The standard InChI is InChI=1S/C29H37N7O5S/c1-4-8-23-26-27(36(32-23)25-9-6-7-12-30-25)29(38)33(3)28(31-26)22-20-21(10-11-24(22)41-19-5-2)42(39,40)35-15-13-34(14-16-35)17-18-37/h6-7,9-12,20,37H,4-5,8,13-19H2,1-3H3. The van der Waals surface area contributed by atoms with Gasteiger partial charge < -0.3 is 9.84 Å². The number of aliphatic hydroxyl groups is 1. The molecule has 12 nitrogen and oxygen atoms in total. The van der Waals surface area contributed by atoms with Crippen LogP contribution >= 0.6 is 0 Å². The molecule has 1 fully saturated rings. The van der Waals surface area contributed by atoms with E-state index in [9.17, 15) is 18.3 Å². The average molecular weight is 596 g/mol. The predicted molar refractivity (Wildman–Crippen MR) is 159 cm³/mol. The van der Waals surface area contributed by atoms with Gasteiger partial charge in [-0.1, -0.05) is 26.3 Å². The van der Waals surface area contributed by atoms with Crippen molar-refractivity contribution in [2.75, 3.05) is 45.9 Å². The van der Waals surface area contributed by atoms with E-state index in [0.717, 1.165) is 12.8 Å². The third-order valence-corrected chi connectivity index (χ3v) is 9.26. The van der Waals surface area contributed by atoms with Crippen LogP contribution in [0.5, 0.6) is 5.75 Å². The summed E-state index contributed by atoms with van der Waals surface area (Å²) < 4.78 is 37.9. The van der Waals surface area contributed by atoms with Crippen LogP contribution in [0.1, 0.15) is 32.4 Å². The van der Waals surface area contributed by atoms with Crippen molar-refractivity contribution in [3.05, 3.63) is 58.6 Å². The number of rotatable bonds is 11. The highest BCUT2D eigenvalue weighted by molar-refractivity contribution is 7.89. The highest BCUT2D eigenvalue weighted by Crippen LogP contribution is 2.33. The number of aliphatic hydroxyl groups excluding tert-OH is 1. The van der Waals surface area contributed by atoms with E-state index in [1.807, 2.05) is 24.8 Å². The minimum absolute atomic E-state index is 0.0339. The molecule has 0 atom stereocenters. The number of nitrogens with zero attached hydrogens (tertiary/aromatic N) is 7. The number of aromatic nitrogens is 5. The van der Waals surface area contributed by atoms with Crippen LogP contribution in [-0.2, 0) is 23.5 Å². The zero-order valence-electron chi connectivity index (χ0n) is 24.2. The maximum absolute atomic E-state index is 13.9. The molecule has 3 aromatic heterocycles. The molecule has 0 amide bonds. The molecule has 13 heteroatoms. The molecular weight excluding hydrogens is 558 g/mol. The van der Waals surface area contributed by atoms with E-state index < -0.39 is 10.0 Å². The average Bonchev–Trinajstić information content (AvgIpc) is 3.37. The quantitative estimate of drug-likeness (QED) is 0.277. The molecule has 1 aliphatic heterocycles. The van der Waals surface area contributed by atoms with Gasteiger partial charge in [0, 0.05) is 46.0 Å². The summed E-state index contributed by atoms with van der Waals surface area (Å²) in [4.78, 5) is 25.4. The molecule has 1 saturated heterocycles. The molecule has 4 aromatic rings. The number of pyridine rings is 1. The van der Waals surface area contributed by atoms with Crippen LogP contribution in [0, 0.1) is 0 Å². The number of piperazine rings is 1. The van der Waals surface area contributed by atoms with Crippen molar-refractivity contribution in [2.45, 2.75) is 38.0 Å². The number of ether oxygens (including phenoxy) is 1. The normalized spacial score (nSPS) is 15.0. The second-order valence-corrected chi connectivity index (χ2v) is 12.2. The Bertz CT molecular complexity index is 1710. The third kappa shape index (κ3) is 5.69. The van der Waals surface area contributed by atoms with Gasteiger partial charge in [0.05, 0.1) is 29.4 Å². The molecule has 0 bridgehead atoms. The lowest BCUT2D eigenvalue weighted by molar-refractivity contribution is 0.151. The molecule has 42 heavy (non-hydrogen) atoms. The lowest BCUT2D eigenvalue weighted by atomic mass is 10.1. The van der Waals surface area contributed by atoms with Gasteiger partial charge in [0.1, 0.15) is 17.1 Å². The molecule has 0 spiro atoms. The van der Waals surface area contributed by atoms with E-state index in [0.29, 0.717) is 85.4 Å². The molecule has 0 saturated carbocycles. The Hall–Kier alpha value is -3.65. The van der Waals surface area contributed by atoms with E-state index in [4.69, 9.17) is 14.8 Å². The Morgan fingerprint density at radius 1 is 1.05 bits per heavy atom. The van der Waals surface area contributed by atoms with Gasteiger partial charge in [0.15, 0.2) is 11.3 Å². The van der Waals surface area contributed by atoms with Crippen LogP contribution in [0.15, 0.2) is 52.3 Å². The van der Waals surface area contributed by atoms with Crippen LogP contribution in [0.2, 0.25) is 0 Å². The number of hydrogen-bond acceptors (Lipinski definition) is 9. The van der Waals surface area contributed by atoms with E-state index in [1.165, 1.54) is 13.6 Å². The Kier molecular flexibility index (Phi) is 9.02. The molecule has 224 valence electrons. The lowest BCUT2D eigenvalue weighted by Gasteiger charge is -2.33. The molecule has 1 aliphatic rings. The van der Waals surface area contributed by atoms with Crippen molar-refractivity contribution in [1.82, 2.24) is 33.5 Å². The van der Waals surface area contributed by atoms with Crippen molar-refractivity contribution < 1.29 is 18.3 Å². The SMILES string of the molecule is CCCOc1ccc(S(=O)(=O)N2CCN(CCO)CC2)cc1-c1nc2c(CCC)nn(-c3ccccn3)c2c(=O)n1C. The molecule has 0 aliphatic carbocycles. The minimum atomic E-state index is -3.83. The Balaban J connectivity index is 1.65. The summed E-state index contributed by atoms with van der Waals surface area (Å²) >= 11 is 0. The molecular formula is C29H37N7O5S. The summed E-state index contributed by atoms with van der Waals surface area (Å²) in [6, 6.07) is 10.1. The highest BCUT2D eigenvalue weighted by atomic mass is 32.2. The number of fused-ring (bicyclic) bond motifs is 1. The van der Waals surface area contributed by atoms with Gasteiger partial charge in [0.25, 0.3) is 5.56 Å². The minimum Gasteiger partial charge on any atom is -0.493 e. The lowest BCUT2D eigenvalue weighted by Crippen LogP contribution is -2.49. The van der Waals surface area contributed by atoms with Crippen molar-refractivity contribution >= 4 is 21.1 Å². The van der Waals surface area contributed by atoms with Gasteiger partial charge in [0.2, 0.25) is 10.0 Å². The Labute approximate surface area is 245 Å². The first kappa shape index (κ1) is 29.8. The molecule has 5 rings (SSSR count). The highest BCUT2D eigenvalue weighted by Gasteiger charge is 2.30. The third-order valence-electron chi connectivity index (χ3n) is 7.36. The molecule has 4 heterocycles. The van der Waals surface area contributed by atoms with E-state index in [2.05, 4.69) is 4.98 Å². The topological polar surface area (TPSA) is 136 Å². The number of hydrogen-bond donors (Lipinski definition) is 1. The first-order chi connectivity index (χ1) is 20.3.